The maximum absolute atomic E-state index is 6.11. The van der Waals surface area contributed by atoms with E-state index in [-0.39, 0.29) is 0 Å². The van der Waals surface area contributed by atoms with Crippen molar-refractivity contribution in [1.29, 1.82) is 0 Å². The molecule has 1 N–H and O–H groups in total. The highest BCUT2D eigenvalue weighted by molar-refractivity contribution is 6.06. The number of nitrogens with one attached hydrogen (secondary N) is 1. The van der Waals surface area contributed by atoms with Crippen molar-refractivity contribution in [2.75, 3.05) is 5.32 Å². The van der Waals surface area contributed by atoms with Gasteiger partial charge in [0.2, 0.25) is 0 Å². The topological polar surface area (TPSA) is 25.2 Å². The predicted molar refractivity (Wildman–Crippen MR) is 152 cm³/mol. The van der Waals surface area contributed by atoms with Crippen LogP contribution in [0, 0.1) is 0 Å². The molecule has 7 rings (SSSR count). The molecular formula is C34H23NO. The number of hydrogen-bond donors (Lipinski definition) is 1. The zero-order valence-corrected chi connectivity index (χ0v) is 19.6. The molecule has 0 aliphatic heterocycles. The van der Waals surface area contributed by atoms with Gasteiger partial charge in [0.1, 0.15) is 11.2 Å². The van der Waals surface area contributed by atoms with Crippen LogP contribution in [0.1, 0.15) is 0 Å². The Kier molecular flexibility index (Phi) is 4.82. The molecule has 6 aromatic carbocycles. The van der Waals surface area contributed by atoms with Crippen LogP contribution in [0.4, 0.5) is 11.4 Å². The Labute approximate surface area is 209 Å². The fraction of sp³-hybridized carbons (Fsp3) is 0. The normalized spacial score (nSPS) is 11.3. The third kappa shape index (κ3) is 3.52. The molecule has 2 nitrogen and oxygen atoms in total. The average molecular weight is 462 g/mol. The first kappa shape index (κ1) is 20.5. The maximum Gasteiger partial charge on any atom is 0.137 e. The molecule has 0 fully saturated rings. The van der Waals surface area contributed by atoms with E-state index < -0.39 is 0 Å². The average Bonchev–Trinajstić information content (AvgIpc) is 3.31. The van der Waals surface area contributed by atoms with Crippen LogP contribution in [-0.2, 0) is 0 Å². The predicted octanol–water partition coefficient (Wildman–Crippen LogP) is 9.82. The van der Waals surface area contributed by atoms with Crippen LogP contribution in [0.5, 0.6) is 0 Å². The van der Waals surface area contributed by atoms with Crippen LogP contribution in [0.25, 0.3) is 55.0 Å². The van der Waals surface area contributed by atoms with E-state index >= 15 is 0 Å². The number of rotatable bonds is 4. The fourth-order valence-electron chi connectivity index (χ4n) is 5.14. The first-order valence-electron chi connectivity index (χ1n) is 12.2. The van der Waals surface area contributed by atoms with Gasteiger partial charge in [0.15, 0.2) is 0 Å². The summed E-state index contributed by atoms with van der Waals surface area (Å²) in [6, 6.07) is 46.8. The molecule has 0 saturated carbocycles. The Morgan fingerprint density at radius 2 is 1.11 bits per heavy atom. The maximum atomic E-state index is 6.11. The van der Waals surface area contributed by atoms with E-state index in [2.05, 4.69) is 121 Å². The molecular weight excluding hydrogens is 438 g/mol. The van der Waals surface area contributed by atoms with Crippen molar-refractivity contribution in [3.8, 4) is 22.3 Å². The molecule has 0 amide bonds. The standard InChI is InChI=1S/C34H23NO/c1-2-9-23(10-3-1)28-19-17-25(21-32(28)29-15-8-12-24-11-4-5-13-27(24)29)35-26-18-20-31-30-14-6-7-16-33(30)36-34(31)22-26/h1-22,35H. The van der Waals surface area contributed by atoms with Crippen molar-refractivity contribution < 1.29 is 4.42 Å². The molecule has 0 spiro atoms. The molecule has 0 saturated heterocycles. The SMILES string of the molecule is c1ccc(-c2ccc(Nc3ccc4c(c3)oc3ccccc34)cc2-c2cccc3ccccc23)cc1. The summed E-state index contributed by atoms with van der Waals surface area (Å²) in [5, 5.41) is 8.38. The van der Waals surface area contributed by atoms with Gasteiger partial charge in [0, 0.05) is 28.2 Å². The summed E-state index contributed by atoms with van der Waals surface area (Å²) in [5.74, 6) is 0. The smallest absolute Gasteiger partial charge is 0.137 e. The van der Waals surface area contributed by atoms with Gasteiger partial charge in [-0.1, -0.05) is 97.1 Å². The fourth-order valence-corrected chi connectivity index (χ4v) is 5.14. The number of furan rings is 1. The number of anilines is 2. The van der Waals surface area contributed by atoms with Crippen molar-refractivity contribution in [1.82, 2.24) is 0 Å². The third-order valence-electron chi connectivity index (χ3n) is 6.85. The van der Waals surface area contributed by atoms with Gasteiger partial charge in [0.05, 0.1) is 0 Å². The van der Waals surface area contributed by atoms with E-state index in [1.165, 1.54) is 33.0 Å². The molecule has 0 atom stereocenters. The van der Waals surface area contributed by atoms with Gasteiger partial charge in [-0.15, -0.1) is 0 Å². The monoisotopic (exact) mass is 461 g/mol. The van der Waals surface area contributed by atoms with E-state index in [0.29, 0.717) is 0 Å². The van der Waals surface area contributed by atoms with E-state index in [9.17, 15) is 0 Å². The number of hydrogen-bond acceptors (Lipinski definition) is 2. The second-order valence-electron chi connectivity index (χ2n) is 9.09. The van der Waals surface area contributed by atoms with Crippen molar-refractivity contribution in [2.24, 2.45) is 0 Å². The van der Waals surface area contributed by atoms with Crippen LogP contribution in [-0.4, -0.2) is 0 Å². The molecule has 1 heterocycles. The van der Waals surface area contributed by atoms with Gasteiger partial charge < -0.3 is 9.73 Å². The Hall–Kier alpha value is -4.82. The summed E-state index contributed by atoms with van der Waals surface area (Å²) in [6.07, 6.45) is 0. The molecule has 2 heteroatoms. The molecule has 0 aliphatic carbocycles. The molecule has 1 aromatic heterocycles. The van der Waals surface area contributed by atoms with Gasteiger partial charge in [0.25, 0.3) is 0 Å². The minimum atomic E-state index is 0.886. The summed E-state index contributed by atoms with van der Waals surface area (Å²) in [4.78, 5) is 0. The van der Waals surface area contributed by atoms with Crippen molar-refractivity contribution >= 4 is 44.1 Å². The Morgan fingerprint density at radius 1 is 0.417 bits per heavy atom. The number of fused-ring (bicyclic) bond motifs is 4. The van der Waals surface area contributed by atoms with E-state index in [4.69, 9.17) is 4.42 Å². The Balaban J connectivity index is 1.36. The summed E-state index contributed by atoms with van der Waals surface area (Å²) < 4.78 is 6.11. The van der Waals surface area contributed by atoms with Gasteiger partial charge in [-0.25, -0.2) is 0 Å². The van der Waals surface area contributed by atoms with Crippen LogP contribution >= 0.6 is 0 Å². The van der Waals surface area contributed by atoms with Gasteiger partial charge in [-0.05, 0) is 63.4 Å². The van der Waals surface area contributed by atoms with Crippen molar-refractivity contribution in [3.05, 3.63) is 133 Å². The minimum absolute atomic E-state index is 0.886. The van der Waals surface area contributed by atoms with Gasteiger partial charge in [-0.3, -0.25) is 0 Å². The molecule has 0 unspecified atom stereocenters. The summed E-state index contributed by atoms with van der Waals surface area (Å²) in [7, 11) is 0. The molecule has 170 valence electrons. The van der Waals surface area contributed by atoms with E-state index in [1.807, 2.05) is 18.2 Å². The summed E-state index contributed by atoms with van der Waals surface area (Å²) in [5.41, 5.74) is 8.68. The lowest BCUT2D eigenvalue weighted by molar-refractivity contribution is 0.669. The molecule has 0 aliphatic rings. The van der Waals surface area contributed by atoms with E-state index in [0.717, 1.165) is 33.3 Å². The zero-order valence-electron chi connectivity index (χ0n) is 19.6. The Morgan fingerprint density at radius 3 is 2.03 bits per heavy atom. The van der Waals surface area contributed by atoms with Crippen LogP contribution in [0.2, 0.25) is 0 Å². The van der Waals surface area contributed by atoms with Gasteiger partial charge >= 0.3 is 0 Å². The highest BCUT2D eigenvalue weighted by Crippen LogP contribution is 2.39. The molecule has 36 heavy (non-hydrogen) atoms. The first-order chi connectivity index (χ1) is 17.8. The second-order valence-corrected chi connectivity index (χ2v) is 9.09. The minimum Gasteiger partial charge on any atom is -0.456 e. The number of benzene rings is 6. The number of para-hydroxylation sites is 1. The first-order valence-corrected chi connectivity index (χ1v) is 12.2. The van der Waals surface area contributed by atoms with Crippen molar-refractivity contribution in [2.45, 2.75) is 0 Å². The Bertz CT molecular complexity index is 1860. The van der Waals surface area contributed by atoms with Crippen LogP contribution < -0.4 is 5.32 Å². The highest BCUT2D eigenvalue weighted by Gasteiger charge is 2.13. The lowest BCUT2D eigenvalue weighted by Gasteiger charge is -2.16. The van der Waals surface area contributed by atoms with E-state index in [1.54, 1.807) is 0 Å². The lowest BCUT2D eigenvalue weighted by Crippen LogP contribution is -1.93. The third-order valence-corrected chi connectivity index (χ3v) is 6.85. The lowest BCUT2D eigenvalue weighted by atomic mass is 9.91. The zero-order chi connectivity index (χ0) is 23.9. The largest absolute Gasteiger partial charge is 0.456 e. The summed E-state index contributed by atoms with van der Waals surface area (Å²) in [6.45, 7) is 0. The van der Waals surface area contributed by atoms with Crippen LogP contribution in [0.3, 0.4) is 0 Å². The van der Waals surface area contributed by atoms with Gasteiger partial charge in [-0.2, -0.15) is 0 Å². The second kappa shape index (κ2) is 8.44. The molecule has 0 bridgehead atoms. The molecule has 0 radical (unpaired) electrons. The highest BCUT2D eigenvalue weighted by atomic mass is 16.3. The van der Waals surface area contributed by atoms with Crippen molar-refractivity contribution in [3.63, 3.8) is 0 Å². The summed E-state index contributed by atoms with van der Waals surface area (Å²) >= 11 is 0. The molecule has 7 aromatic rings. The van der Waals surface area contributed by atoms with Crippen LogP contribution in [0.15, 0.2) is 138 Å². The quantitative estimate of drug-likeness (QED) is 0.282.